The lowest BCUT2D eigenvalue weighted by Gasteiger charge is -2.23. The maximum absolute atomic E-state index is 5.91. The number of rotatable bonds is 3. The molecule has 0 bridgehead atoms. The normalized spacial score (nSPS) is 20.6. The van der Waals surface area contributed by atoms with Gasteiger partial charge in [0.05, 0.1) is 6.61 Å². The Labute approximate surface area is 97.2 Å². The average Bonchev–Trinajstić information content (AvgIpc) is 2.77. The number of hydrogen-bond acceptors (Lipinski definition) is 3. The van der Waals surface area contributed by atoms with Crippen LogP contribution in [0.4, 0.5) is 5.69 Å². The zero-order valence-corrected chi connectivity index (χ0v) is 10.1. The molecule has 88 valence electrons. The van der Waals surface area contributed by atoms with Crippen molar-refractivity contribution in [2.45, 2.75) is 25.9 Å². The molecule has 3 heteroatoms. The quantitative estimate of drug-likeness (QED) is 0.789. The smallest absolute Gasteiger partial charge is 0.0622 e. The van der Waals surface area contributed by atoms with E-state index in [9.17, 15) is 0 Å². The van der Waals surface area contributed by atoms with E-state index in [0.717, 1.165) is 37.4 Å². The fraction of sp³-hybridized carbons (Fsp3) is 0.538. The molecule has 0 radical (unpaired) electrons. The Kier molecular flexibility index (Phi) is 3.46. The van der Waals surface area contributed by atoms with E-state index in [1.54, 1.807) is 0 Å². The Hall–Kier alpha value is -1.06. The van der Waals surface area contributed by atoms with Gasteiger partial charge in [0.2, 0.25) is 0 Å². The molecule has 1 atom stereocenters. The van der Waals surface area contributed by atoms with E-state index in [-0.39, 0.29) is 0 Å². The van der Waals surface area contributed by atoms with Crippen molar-refractivity contribution in [1.29, 1.82) is 0 Å². The van der Waals surface area contributed by atoms with Crippen molar-refractivity contribution in [1.82, 2.24) is 4.90 Å². The zero-order chi connectivity index (χ0) is 11.5. The lowest BCUT2D eigenvalue weighted by molar-refractivity contribution is 0.156. The fourth-order valence-corrected chi connectivity index (χ4v) is 2.08. The Bertz CT molecular complexity index is 359. The molecular weight excluding hydrogens is 200 g/mol. The number of benzene rings is 1. The molecule has 2 N–H and O–H groups in total. The van der Waals surface area contributed by atoms with Crippen molar-refractivity contribution in [3.05, 3.63) is 29.3 Å². The van der Waals surface area contributed by atoms with Crippen molar-refractivity contribution < 1.29 is 4.74 Å². The first-order chi connectivity index (χ1) is 7.66. The van der Waals surface area contributed by atoms with Crippen LogP contribution in [0.1, 0.15) is 17.5 Å². The predicted molar refractivity (Wildman–Crippen MR) is 66.3 cm³/mol. The number of nitrogens with two attached hydrogens (primary N) is 1. The second-order valence-corrected chi connectivity index (χ2v) is 4.62. The third-order valence-electron chi connectivity index (χ3n) is 3.30. The maximum atomic E-state index is 5.91. The Balaban J connectivity index is 1.99. The molecule has 1 unspecified atom stereocenters. The molecule has 1 aromatic rings. The van der Waals surface area contributed by atoms with Gasteiger partial charge in [-0.05, 0) is 37.6 Å². The largest absolute Gasteiger partial charge is 0.399 e. The molecule has 0 aliphatic carbocycles. The van der Waals surface area contributed by atoms with Gasteiger partial charge in [-0.15, -0.1) is 0 Å². The fourth-order valence-electron chi connectivity index (χ4n) is 2.08. The first kappa shape index (κ1) is 11.4. The van der Waals surface area contributed by atoms with Crippen LogP contribution in [0.3, 0.4) is 0 Å². The van der Waals surface area contributed by atoms with Gasteiger partial charge in [-0.1, -0.05) is 12.1 Å². The minimum absolute atomic E-state index is 0.558. The van der Waals surface area contributed by atoms with Crippen LogP contribution in [0, 0.1) is 6.92 Å². The van der Waals surface area contributed by atoms with Gasteiger partial charge in [0.25, 0.3) is 0 Å². The van der Waals surface area contributed by atoms with E-state index in [2.05, 4.69) is 30.1 Å². The summed E-state index contributed by atoms with van der Waals surface area (Å²) in [6.07, 6.45) is 1.14. The predicted octanol–water partition coefficient (Wildman–Crippen LogP) is 1.80. The summed E-state index contributed by atoms with van der Waals surface area (Å²) < 4.78 is 5.39. The van der Waals surface area contributed by atoms with Crippen molar-refractivity contribution in [2.75, 3.05) is 26.0 Å². The maximum Gasteiger partial charge on any atom is 0.0622 e. The molecule has 1 heterocycles. The average molecular weight is 220 g/mol. The van der Waals surface area contributed by atoms with Gasteiger partial charge in [0.15, 0.2) is 0 Å². The topological polar surface area (TPSA) is 38.5 Å². The first-order valence-corrected chi connectivity index (χ1v) is 5.80. The highest BCUT2D eigenvalue weighted by atomic mass is 16.5. The molecule has 1 saturated heterocycles. The van der Waals surface area contributed by atoms with Gasteiger partial charge in [-0.2, -0.15) is 0 Å². The molecule has 0 spiro atoms. The lowest BCUT2D eigenvalue weighted by Crippen LogP contribution is -2.31. The van der Waals surface area contributed by atoms with Crippen molar-refractivity contribution in [2.24, 2.45) is 0 Å². The third-order valence-corrected chi connectivity index (χ3v) is 3.30. The molecule has 1 aliphatic heterocycles. The highest BCUT2D eigenvalue weighted by Gasteiger charge is 2.20. The van der Waals surface area contributed by atoms with E-state index in [1.165, 1.54) is 5.56 Å². The molecule has 3 nitrogen and oxygen atoms in total. The summed E-state index contributed by atoms with van der Waals surface area (Å²) in [6, 6.07) is 6.87. The van der Waals surface area contributed by atoms with E-state index < -0.39 is 0 Å². The zero-order valence-electron chi connectivity index (χ0n) is 10.1. The number of anilines is 1. The second kappa shape index (κ2) is 4.85. The van der Waals surface area contributed by atoms with Crippen molar-refractivity contribution in [3.63, 3.8) is 0 Å². The molecule has 0 saturated carbocycles. The minimum Gasteiger partial charge on any atom is -0.399 e. The molecule has 1 aliphatic rings. The van der Waals surface area contributed by atoms with Crippen LogP contribution in [0.2, 0.25) is 0 Å². The van der Waals surface area contributed by atoms with E-state index in [4.69, 9.17) is 10.5 Å². The highest BCUT2D eigenvalue weighted by Crippen LogP contribution is 2.17. The van der Waals surface area contributed by atoms with Crippen LogP contribution in [-0.4, -0.2) is 31.2 Å². The number of ether oxygens (including phenoxy) is 1. The summed E-state index contributed by atoms with van der Waals surface area (Å²) in [4.78, 5) is 2.34. The Morgan fingerprint density at radius 2 is 2.31 bits per heavy atom. The van der Waals surface area contributed by atoms with E-state index in [1.807, 2.05) is 6.92 Å². The summed E-state index contributed by atoms with van der Waals surface area (Å²) in [6.45, 7) is 4.73. The molecule has 1 fully saturated rings. The molecule has 2 rings (SSSR count). The SMILES string of the molecule is Cc1ccc(CN(C)C2CCOC2)cc1N. The monoisotopic (exact) mass is 220 g/mol. The Morgan fingerprint density at radius 3 is 2.94 bits per heavy atom. The number of hydrogen-bond donors (Lipinski definition) is 1. The molecule has 1 aromatic carbocycles. The van der Waals surface area contributed by atoms with Crippen LogP contribution >= 0.6 is 0 Å². The van der Waals surface area contributed by atoms with Crippen LogP contribution in [-0.2, 0) is 11.3 Å². The molecule has 16 heavy (non-hydrogen) atoms. The summed E-state index contributed by atoms with van der Waals surface area (Å²) in [5.41, 5.74) is 9.21. The summed E-state index contributed by atoms with van der Waals surface area (Å²) in [7, 11) is 2.15. The van der Waals surface area contributed by atoms with Gasteiger partial charge < -0.3 is 10.5 Å². The number of nitrogens with zero attached hydrogens (tertiary/aromatic N) is 1. The van der Waals surface area contributed by atoms with E-state index in [0.29, 0.717) is 6.04 Å². The van der Waals surface area contributed by atoms with Gasteiger partial charge in [-0.25, -0.2) is 0 Å². The number of likely N-dealkylation sites (N-methyl/N-ethyl adjacent to an activating group) is 1. The van der Waals surface area contributed by atoms with Gasteiger partial charge in [0, 0.05) is 24.9 Å². The van der Waals surface area contributed by atoms with Gasteiger partial charge >= 0.3 is 0 Å². The number of aryl methyl sites for hydroxylation is 1. The summed E-state index contributed by atoms with van der Waals surface area (Å²) in [5.74, 6) is 0. The van der Waals surface area contributed by atoms with Crippen molar-refractivity contribution >= 4 is 5.69 Å². The molecule has 0 amide bonds. The minimum atomic E-state index is 0.558. The number of nitrogen functional groups attached to an aromatic ring is 1. The van der Waals surface area contributed by atoms with E-state index >= 15 is 0 Å². The first-order valence-electron chi connectivity index (χ1n) is 5.80. The Morgan fingerprint density at radius 1 is 1.50 bits per heavy atom. The van der Waals surface area contributed by atoms with Gasteiger partial charge in [0.1, 0.15) is 0 Å². The van der Waals surface area contributed by atoms with Gasteiger partial charge in [-0.3, -0.25) is 4.90 Å². The highest BCUT2D eigenvalue weighted by molar-refractivity contribution is 5.48. The van der Waals surface area contributed by atoms with Crippen LogP contribution in [0.15, 0.2) is 18.2 Å². The lowest BCUT2D eigenvalue weighted by atomic mass is 10.1. The van der Waals surface area contributed by atoms with Crippen LogP contribution in [0.25, 0.3) is 0 Å². The standard InChI is InChI=1S/C13H20N2O/c1-10-3-4-11(7-13(10)14)8-15(2)12-5-6-16-9-12/h3-4,7,12H,5-6,8-9,14H2,1-2H3. The van der Waals surface area contributed by atoms with Crippen LogP contribution < -0.4 is 5.73 Å². The summed E-state index contributed by atoms with van der Waals surface area (Å²) in [5, 5.41) is 0. The molecular formula is C13H20N2O. The van der Waals surface area contributed by atoms with Crippen molar-refractivity contribution in [3.8, 4) is 0 Å². The van der Waals surface area contributed by atoms with Crippen LogP contribution in [0.5, 0.6) is 0 Å². The molecule has 0 aromatic heterocycles. The third kappa shape index (κ3) is 2.54. The second-order valence-electron chi connectivity index (χ2n) is 4.62. The summed E-state index contributed by atoms with van der Waals surface area (Å²) >= 11 is 0.